The Labute approximate surface area is 206 Å². The van der Waals surface area contributed by atoms with E-state index in [1.165, 1.54) is 6.08 Å². The van der Waals surface area contributed by atoms with Crippen molar-refractivity contribution in [3.63, 3.8) is 0 Å². The van der Waals surface area contributed by atoms with Gasteiger partial charge in [0.1, 0.15) is 5.57 Å². The zero-order chi connectivity index (χ0) is 24.1. The Morgan fingerprint density at radius 1 is 1.21 bits per heavy atom. The number of amides is 4. The number of hydrogen-bond acceptors (Lipinski definition) is 4. The van der Waals surface area contributed by atoms with Crippen molar-refractivity contribution in [2.24, 2.45) is 0 Å². The van der Waals surface area contributed by atoms with Gasteiger partial charge in [-0.3, -0.25) is 14.9 Å². The van der Waals surface area contributed by atoms with Crippen molar-refractivity contribution in [3.8, 4) is 0 Å². The van der Waals surface area contributed by atoms with E-state index in [4.69, 9.17) is 11.6 Å². The molecule has 0 spiro atoms. The number of imide groups is 2. The Hall–Kier alpha value is -2.64. The quantitative estimate of drug-likeness (QED) is 0.397. The van der Waals surface area contributed by atoms with Gasteiger partial charge in [-0.25, -0.2) is 9.69 Å². The van der Waals surface area contributed by atoms with E-state index in [2.05, 4.69) is 53.8 Å². The lowest BCUT2D eigenvalue weighted by molar-refractivity contribution is -0.122. The summed E-state index contributed by atoms with van der Waals surface area (Å²) in [6.45, 7) is 9.57. The molecular weight excluding hydrogens is 506 g/mol. The maximum atomic E-state index is 13.2. The van der Waals surface area contributed by atoms with Crippen molar-refractivity contribution in [2.45, 2.75) is 45.6 Å². The summed E-state index contributed by atoms with van der Waals surface area (Å²) in [5.74, 6) is -1.16. The second-order valence-corrected chi connectivity index (χ2v) is 10.4. The Balaban J connectivity index is 1.78. The SMILES string of the molecule is CCN1c2cc(Cl)c(/C=C3/C(=O)NC(=O)N(c4cccc(Br)c4)C3=O)cc2C(C)CC1(C)C. The van der Waals surface area contributed by atoms with Gasteiger partial charge in [0.15, 0.2) is 0 Å². The Kier molecular flexibility index (Phi) is 6.14. The summed E-state index contributed by atoms with van der Waals surface area (Å²) in [4.78, 5) is 41.6. The largest absolute Gasteiger partial charge is 0.366 e. The number of rotatable bonds is 3. The monoisotopic (exact) mass is 529 g/mol. The zero-order valence-corrected chi connectivity index (χ0v) is 21.3. The standard InChI is InChI=1S/C25H25BrClN3O3/c1-5-29-21-12-20(27)15(9-18(21)14(2)13-25(29,3)4)10-19-22(31)28-24(33)30(23(19)32)17-8-6-7-16(26)11-17/h6-12,14H,5,13H2,1-4H3,(H,28,31,33)/b19-10-. The van der Waals surface area contributed by atoms with Gasteiger partial charge in [-0.1, -0.05) is 40.5 Å². The molecule has 1 N–H and O–H groups in total. The van der Waals surface area contributed by atoms with Crippen molar-refractivity contribution in [2.75, 3.05) is 16.3 Å². The lowest BCUT2D eigenvalue weighted by Gasteiger charge is -2.47. The lowest BCUT2D eigenvalue weighted by atomic mass is 9.79. The number of barbiturate groups is 1. The minimum Gasteiger partial charge on any atom is -0.366 e. The van der Waals surface area contributed by atoms with Crippen LogP contribution in [-0.2, 0) is 9.59 Å². The van der Waals surface area contributed by atoms with E-state index in [0.717, 1.165) is 29.1 Å². The zero-order valence-electron chi connectivity index (χ0n) is 18.9. The van der Waals surface area contributed by atoms with E-state index >= 15 is 0 Å². The van der Waals surface area contributed by atoms with Gasteiger partial charge in [-0.2, -0.15) is 0 Å². The molecule has 33 heavy (non-hydrogen) atoms. The van der Waals surface area contributed by atoms with Gasteiger partial charge in [0.2, 0.25) is 0 Å². The molecule has 2 aromatic rings. The third-order valence-electron chi connectivity index (χ3n) is 6.29. The molecule has 1 saturated heterocycles. The molecule has 2 aliphatic heterocycles. The van der Waals surface area contributed by atoms with Crippen molar-refractivity contribution < 1.29 is 14.4 Å². The van der Waals surface area contributed by atoms with Gasteiger partial charge >= 0.3 is 6.03 Å². The number of hydrogen-bond donors (Lipinski definition) is 1. The first-order valence-electron chi connectivity index (χ1n) is 10.8. The van der Waals surface area contributed by atoms with Gasteiger partial charge in [0.25, 0.3) is 11.8 Å². The number of carbonyl (C=O) groups is 3. The van der Waals surface area contributed by atoms with Crippen LogP contribution in [0.3, 0.4) is 0 Å². The van der Waals surface area contributed by atoms with Gasteiger partial charge in [0, 0.05) is 27.3 Å². The fourth-order valence-electron chi connectivity index (χ4n) is 4.89. The van der Waals surface area contributed by atoms with Gasteiger partial charge in [-0.05, 0) is 80.6 Å². The molecule has 0 aliphatic carbocycles. The van der Waals surface area contributed by atoms with E-state index in [-0.39, 0.29) is 17.0 Å². The fraction of sp³-hybridized carbons (Fsp3) is 0.320. The summed E-state index contributed by atoms with van der Waals surface area (Å²) in [5, 5.41) is 2.70. The highest BCUT2D eigenvalue weighted by atomic mass is 79.9. The van der Waals surface area contributed by atoms with Gasteiger partial charge in [-0.15, -0.1) is 0 Å². The number of urea groups is 1. The van der Waals surface area contributed by atoms with E-state index in [9.17, 15) is 14.4 Å². The van der Waals surface area contributed by atoms with E-state index in [0.29, 0.717) is 20.7 Å². The normalized spacial score (nSPS) is 21.3. The topological polar surface area (TPSA) is 69.7 Å². The molecule has 0 aromatic heterocycles. The summed E-state index contributed by atoms with van der Waals surface area (Å²) in [6, 6.07) is 9.84. The molecule has 0 saturated carbocycles. The van der Waals surface area contributed by atoms with Crippen LogP contribution in [0.4, 0.5) is 16.2 Å². The molecular formula is C25H25BrClN3O3. The summed E-state index contributed by atoms with van der Waals surface area (Å²) in [6.07, 6.45) is 2.44. The number of carbonyl (C=O) groups excluding carboxylic acids is 3. The van der Waals surface area contributed by atoms with Gasteiger partial charge in [0.05, 0.1) is 5.69 Å². The van der Waals surface area contributed by atoms with Crippen LogP contribution in [0.5, 0.6) is 0 Å². The number of anilines is 2. The first kappa shape index (κ1) is 23.5. The molecule has 1 atom stereocenters. The molecule has 2 aliphatic rings. The average molecular weight is 531 g/mol. The molecule has 0 radical (unpaired) electrons. The smallest absolute Gasteiger partial charge is 0.335 e. The second kappa shape index (κ2) is 8.61. The van der Waals surface area contributed by atoms with Crippen LogP contribution in [0.15, 0.2) is 46.4 Å². The summed E-state index contributed by atoms with van der Waals surface area (Å²) >= 11 is 9.99. The first-order valence-corrected chi connectivity index (χ1v) is 12.0. The number of nitrogens with one attached hydrogen (secondary N) is 1. The van der Waals surface area contributed by atoms with Crippen LogP contribution in [0, 0.1) is 0 Å². The number of nitrogens with zero attached hydrogens (tertiary/aromatic N) is 2. The van der Waals surface area contributed by atoms with Crippen molar-refractivity contribution in [3.05, 3.63) is 62.6 Å². The average Bonchev–Trinajstić information content (AvgIpc) is 2.71. The maximum Gasteiger partial charge on any atom is 0.335 e. The first-order chi connectivity index (χ1) is 15.5. The summed E-state index contributed by atoms with van der Waals surface area (Å²) < 4.78 is 0.707. The molecule has 0 bridgehead atoms. The van der Waals surface area contributed by atoms with Crippen molar-refractivity contribution >= 4 is 62.8 Å². The second-order valence-electron chi connectivity index (χ2n) is 9.03. The number of fused-ring (bicyclic) bond motifs is 1. The number of halogens is 2. The molecule has 1 fully saturated rings. The highest BCUT2D eigenvalue weighted by Crippen LogP contribution is 2.45. The van der Waals surface area contributed by atoms with Crippen LogP contribution in [0.2, 0.25) is 5.02 Å². The van der Waals surface area contributed by atoms with Crippen LogP contribution in [-0.4, -0.2) is 29.9 Å². The Morgan fingerprint density at radius 3 is 2.61 bits per heavy atom. The Bertz CT molecular complexity index is 1210. The van der Waals surface area contributed by atoms with Crippen LogP contribution >= 0.6 is 27.5 Å². The molecule has 6 nitrogen and oxygen atoms in total. The van der Waals surface area contributed by atoms with Crippen LogP contribution in [0.25, 0.3) is 6.08 Å². The van der Waals surface area contributed by atoms with Crippen molar-refractivity contribution in [1.82, 2.24) is 5.32 Å². The fourth-order valence-corrected chi connectivity index (χ4v) is 5.49. The van der Waals surface area contributed by atoms with E-state index < -0.39 is 17.8 Å². The Morgan fingerprint density at radius 2 is 1.94 bits per heavy atom. The predicted molar refractivity (Wildman–Crippen MR) is 135 cm³/mol. The number of benzene rings is 2. The molecule has 8 heteroatoms. The predicted octanol–water partition coefficient (Wildman–Crippen LogP) is 5.88. The van der Waals surface area contributed by atoms with Crippen LogP contribution < -0.4 is 15.1 Å². The van der Waals surface area contributed by atoms with E-state index in [1.807, 2.05) is 12.1 Å². The minimum atomic E-state index is -0.786. The van der Waals surface area contributed by atoms with Crippen molar-refractivity contribution in [1.29, 1.82) is 0 Å². The van der Waals surface area contributed by atoms with Gasteiger partial charge < -0.3 is 4.90 Å². The van der Waals surface area contributed by atoms with E-state index in [1.54, 1.807) is 24.3 Å². The molecule has 2 heterocycles. The molecule has 2 aromatic carbocycles. The highest BCUT2D eigenvalue weighted by molar-refractivity contribution is 9.10. The highest BCUT2D eigenvalue weighted by Gasteiger charge is 2.38. The third kappa shape index (κ3) is 4.20. The molecule has 4 amide bonds. The molecule has 4 rings (SSSR count). The molecule has 1 unspecified atom stereocenters. The molecule has 172 valence electrons. The summed E-state index contributed by atoms with van der Waals surface area (Å²) in [5.41, 5.74) is 2.97. The maximum absolute atomic E-state index is 13.2. The van der Waals surface area contributed by atoms with Crippen LogP contribution in [0.1, 0.15) is 51.2 Å². The minimum absolute atomic E-state index is 0.00544. The lowest BCUT2D eigenvalue weighted by Crippen LogP contribution is -2.54. The summed E-state index contributed by atoms with van der Waals surface area (Å²) in [7, 11) is 0. The third-order valence-corrected chi connectivity index (χ3v) is 7.11.